The zero-order chi connectivity index (χ0) is 19.0. The van der Waals surface area contributed by atoms with Gasteiger partial charge in [0, 0.05) is 23.0 Å². The Balaban J connectivity index is 1.47. The Labute approximate surface area is 167 Å². The average Bonchev–Trinajstić information content (AvgIpc) is 2.78. The first-order valence-electron chi connectivity index (χ1n) is 9.74. The first-order chi connectivity index (χ1) is 13.0. The number of anilines is 1. The molecule has 2 fully saturated rings. The van der Waals surface area contributed by atoms with E-state index in [1.165, 1.54) is 6.42 Å². The molecule has 2 N–H and O–H groups in total. The monoisotopic (exact) mass is 433 g/mol. The van der Waals surface area contributed by atoms with Gasteiger partial charge in [0.15, 0.2) is 0 Å². The minimum atomic E-state index is -0.547. The minimum absolute atomic E-state index is 0.0628. The number of nitrogens with one attached hydrogen (secondary N) is 2. The molecule has 0 aromatic heterocycles. The number of hydrogen-bond donors (Lipinski definition) is 2. The van der Waals surface area contributed by atoms with Gasteiger partial charge in [-0.25, -0.2) is 0 Å². The normalized spacial score (nSPS) is 25.9. The van der Waals surface area contributed by atoms with Crippen molar-refractivity contribution in [1.29, 1.82) is 0 Å². The maximum Gasteiger partial charge on any atom is 0.256 e. The number of halogens is 1. The molecular weight excluding hydrogens is 410 g/mol. The van der Waals surface area contributed by atoms with E-state index < -0.39 is 6.04 Å². The van der Waals surface area contributed by atoms with Crippen LogP contribution in [0.4, 0.5) is 5.69 Å². The molecular formula is C20H24BrN3O3. The highest BCUT2D eigenvalue weighted by atomic mass is 79.9. The number of nitrogens with zero attached hydrogens (tertiary/aromatic N) is 1. The second kappa shape index (κ2) is 7.62. The van der Waals surface area contributed by atoms with Crippen molar-refractivity contribution < 1.29 is 14.4 Å². The molecule has 2 heterocycles. The van der Waals surface area contributed by atoms with Crippen molar-refractivity contribution >= 4 is 39.3 Å². The smallest absolute Gasteiger partial charge is 0.256 e. The number of piperidine rings is 1. The summed E-state index contributed by atoms with van der Waals surface area (Å²) in [4.78, 5) is 39.9. The molecule has 7 heteroatoms. The molecule has 6 nitrogen and oxygen atoms in total. The molecule has 1 aromatic carbocycles. The van der Waals surface area contributed by atoms with Crippen molar-refractivity contribution in [1.82, 2.24) is 10.2 Å². The largest absolute Gasteiger partial charge is 0.353 e. The third-order valence-corrected chi connectivity index (χ3v) is 6.45. The highest BCUT2D eigenvalue weighted by molar-refractivity contribution is 9.10. The fourth-order valence-corrected chi connectivity index (χ4v) is 4.81. The molecule has 0 radical (unpaired) electrons. The van der Waals surface area contributed by atoms with Gasteiger partial charge in [-0.2, -0.15) is 0 Å². The van der Waals surface area contributed by atoms with Gasteiger partial charge in [0.1, 0.15) is 6.04 Å². The fraction of sp³-hybridized carbons (Fsp3) is 0.550. The van der Waals surface area contributed by atoms with E-state index in [1.807, 2.05) is 6.07 Å². The molecule has 144 valence electrons. The maximum atomic E-state index is 13.0. The minimum Gasteiger partial charge on any atom is -0.353 e. The van der Waals surface area contributed by atoms with E-state index >= 15 is 0 Å². The number of amides is 3. The molecule has 27 heavy (non-hydrogen) atoms. The third-order valence-electron chi connectivity index (χ3n) is 5.96. The van der Waals surface area contributed by atoms with Gasteiger partial charge in [-0.15, -0.1) is 0 Å². The highest BCUT2D eigenvalue weighted by Crippen LogP contribution is 2.31. The number of hydrogen-bond acceptors (Lipinski definition) is 3. The molecule has 4 rings (SSSR count). The van der Waals surface area contributed by atoms with E-state index in [1.54, 1.807) is 17.0 Å². The Hall–Kier alpha value is -1.89. The molecule has 2 atom stereocenters. The molecule has 3 aliphatic rings. The topological polar surface area (TPSA) is 78.5 Å². The molecule has 3 amide bonds. The third kappa shape index (κ3) is 3.74. The molecule has 1 saturated heterocycles. The van der Waals surface area contributed by atoms with Crippen LogP contribution in [0.15, 0.2) is 22.7 Å². The van der Waals surface area contributed by atoms with Gasteiger partial charge >= 0.3 is 0 Å². The lowest BCUT2D eigenvalue weighted by atomic mass is 9.88. The zero-order valence-corrected chi connectivity index (χ0v) is 16.8. The van der Waals surface area contributed by atoms with Gasteiger partial charge in [-0.3, -0.25) is 14.4 Å². The highest BCUT2D eigenvalue weighted by Gasteiger charge is 2.40. The summed E-state index contributed by atoms with van der Waals surface area (Å²) in [5, 5.41) is 6.02. The molecule has 1 aromatic rings. The lowest BCUT2D eigenvalue weighted by molar-refractivity contribution is -0.128. The van der Waals surface area contributed by atoms with Crippen LogP contribution in [0.5, 0.6) is 0 Å². The Morgan fingerprint density at radius 1 is 1.15 bits per heavy atom. The van der Waals surface area contributed by atoms with Crippen LogP contribution in [-0.4, -0.2) is 41.2 Å². The van der Waals surface area contributed by atoms with Crippen LogP contribution in [-0.2, 0) is 9.59 Å². The Kier molecular flexibility index (Phi) is 5.21. The predicted molar refractivity (Wildman–Crippen MR) is 105 cm³/mol. The summed E-state index contributed by atoms with van der Waals surface area (Å²) in [5.41, 5.74) is 1.05. The molecule has 0 spiro atoms. The second-order valence-electron chi connectivity index (χ2n) is 7.76. The van der Waals surface area contributed by atoms with Crippen LogP contribution >= 0.6 is 15.9 Å². The first kappa shape index (κ1) is 18.5. The van der Waals surface area contributed by atoms with Crippen molar-refractivity contribution in [3.05, 3.63) is 28.2 Å². The zero-order valence-electron chi connectivity index (χ0n) is 15.2. The predicted octanol–water partition coefficient (Wildman–Crippen LogP) is 3.07. The van der Waals surface area contributed by atoms with Gasteiger partial charge in [0.25, 0.3) is 5.91 Å². The van der Waals surface area contributed by atoms with Gasteiger partial charge in [0.05, 0.1) is 11.3 Å². The van der Waals surface area contributed by atoms with E-state index in [9.17, 15) is 14.4 Å². The summed E-state index contributed by atoms with van der Waals surface area (Å²) in [6.07, 6.45) is 6.49. The fourth-order valence-electron chi connectivity index (χ4n) is 4.45. The molecule has 1 saturated carbocycles. The number of rotatable bonds is 2. The summed E-state index contributed by atoms with van der Waals surface area (Å²) in [6, 6.07) is 4.69. The lowest BCUT2D eigenvalue weighted by Gasteiger charge is -2.38. The quantitative estimate of drug-likeness (QED) is 0.751. The van der Waals surface area contributed by atoms with Gasteiger partial charge in [0.2, 0.25) is 11.8 Å². The number of benzene rings is 1. The summed E-state index contributed by atoms with van der Waals surface area (Å²) >= 11 is 3.39. The van der Waals surface area contributed by atoms with Gasteiger partial charge in [-0.05, 0) is 43.9 Å². The van der Waals surface area contributed by atoms with Crippen molar-refractivity contribution in [3.63, 3.8) is 0 Å². The second-order valence-corrected chi connectivity index (χ2v) is 8.67. The van der Waals surface area contributed by atoms with E-state index in [0.29, 0.717) is 30.6 Å². The SMILES string of the molecule is O=C(NC1CCN2C(=O)c3cc(Br)ccc3NC(=O)C2C1)C1CCCCC1. The average molecular weight is 434 g/mol. The van der Waals surface area contributed by atoms with Crippen LogP contribution in [0.25, 0.3) is 0 Å². The van der Waals surface area contributed by atoms with Crippen LogP contribution in [0.2, 0.25) is 0 Å². The number of carbonyl (C=O) groups is 3. The van der Waals surface area contributed by atoms with Crippen molar-refractivity contribution in [2.24, 2.45) is 5.92 Å². The molecule has 0 bridgehead atoms. The molecule has 2 unspecified atom stereocenters. The first-order valence-corrected chi connectivity index (χ1v) is 10.5. The molecule has 1 aliphatic carbocycles. The summed E-state index contributed by atoms with van der Waals surface area (Å²) in [6.45, 7) is 0.471. The standard InChI is InChI=1S/C20H24BrN3O3/c21-13-6-7-16-15(10-13)20(27)24-9-8-14(11-17(24)19(26)23-16)22-18(25)12-4-2-1-3-5-12/h6-7,10,12,14,17H,1-5,8-9,11H2,(H,22,25)(H,23,26). The van der Waals surface area contributed by atoms with E-state index in [0.717, 1.165) is 30.2 Å². The maximum absolute atomic E-state index is 13.0. The van der Waals surface area contributed by atoms with E-state index in [-0.39, 0.29) is 29.7 Å². The summed E-state index contributed by atoms with van der Waals surface area (Å²) < 4.78 is 0.803. The summed E-state index contributed by atoms with van der Waals surface area (Å²) in [7, 11) is 0. The van der Waals surface area contributed by atoms with E-state index in [2.05, 4.69) is 26.6 Å². The molecule has 2 aliphatic heterocycles. The van der Waals surface area contributed by atoms with Gasteiger partial charge in [-0.1, -0.05) is 35.2 Å². The van der Waals surface area contributed by atoms with Crippen LogP contribution in [0, 0.1) is 5.92 Å². The Morgan fingerprint density at radius 3 is 2.70 bits per heavy atom. The lowest BCUT2D eigenvalue weighted by Crippen LogP contribution is -2.55. The Morgan fingerprint density at radius 2 is 1.93 bits per heavy atom. The summed E-state index contributed by atoms with van der Waals surface area (Å²) in [5.74, 6) is -0.101. The van der Waals surface area contributed by atoms with Crippen LogP contribution in [0.1, 0.15) is 55.3 Å². The van der Waals surface area contributed by atoms with Crippen molar-refractivity contribution in [2.75, 3.05) is 11.9 Å². The van der Waals surface area contributed by atoms with Crippen LogP contribution < -0.4 is 10.6 Å². The number of carbonyl (C=O) groups excluding carboxylic acids is 3. The van der Waals surface area contributed by atoms with Crippen LogP contribution in [0.3, 0.4) is 0 Å². The van der Waals surface area contributed by atoms with Crippen molar-refractivity contribution in [2.45, 2.75) is 57.0 Å². The van der Waals surface area contributed by atoms with Crippen molar-refractivity contribution in [3.8, 4) is 0 Å². The number of fused-ring (bicyclic) bond motifs is 2. The van der Waals surface area contributed by atoms with E-state index in [4.69, 9.17) is 0 Å². The van der Waals surface area contributed by atoms with Gasteiger partial charge < -0.3 is 15.5 Å². The Bertz CT molecular complexity index is 776.